The Labute approximate surface area is 161 Å². The number of aliphatic hydroxyl groups excluding tert-OH is 1. The van der Waals surface area contributed by atoms with Gasteiger partial charge in [-0.05, 0) is 11.1 Å². The number of amides is 1. The van der Waals surface area contributed by atoms with Crippen LogP contribution in [0.4, 0.5) is 11.8 Å². The highest BCUT2D eigenvalue weighted by Gasteiger charge is 2.08. The second-order valence-corrected chi connectivity index (χ2v) is 5.79. The van der Waals surface area contributed by atoms with E-state index >= 15 is 0 Å². The summed E-state index contributed by atoms with van der Waals surface area (Å²) in [6.45, 7) is 0.297. The number of allylic oxidation sites excluding steroid dienone is 1. The molecule has 2 rings (SSSR count). The van der Waals surface area contributed by atoms with Gasteiger partial charge >= 0.3 is 0 Å². The van der Waals surface area contributed by atoms with E-state index in [4.69, 9.17) is 22.7 Å². The van der Waals surface area contributed by atoms with Gasteiger partial charge in [-0.15, -0.1) is 0 Å². The lowest BCUT2D eigenvalue weighted by molar-refractivity contribution is -0.117. The van der Waals surface area contributed by atoms with Crippen molar-refractivity contribution in [1.29, 1.82) is 5.41 Å². The van der Waals surface area contributed by atoms with Gasteiger partial charge < -0.3 is 32.2 Å². The molecule has 1 amide bonds. The summed E-state index contributed by atoms with van der Waals surface area (Å²) in [7, 11) is 0. The van der Waals surface area contributed by atoms with Crippen LogP contribution in [0.2, 0.25) is 5.02 Å². The largest absolute Gasteiger partial charge is 0.392 e. The minimum Gasteiger partial charge on any atom is -0.392 e. The van der Waals surface area contributed by atoms with Crippen LogP contribution in [0.3, 0.4) is 0 Å². The number of aliphatic hydroxyl groups is 1. The maximum absolute atomic E-state index is 10.7. The summed E-state index contributed by atoms with van der Waals surface area (Å²) in [5, 5.41) is 25.7. The number of hydrogen-bond donors (Lipinski definition) is 6. The van der Waals surface area contributed by atoms with Crippen molar-refractivity contribution < 1.29 is 9.90 Å². The standard InChI is InChI=1S/C17H20ClN7O2/c18-14-8-23-17(24-13(5-19)7-21-9-15(20)27)25-16(14)22-6-11-3-1-2-4-12(11)10-26/h1-5,7-8,19,21,26H,6,9-10H2,(H2,20,27)(H2,22,23,24,25)/b13-7+,19-5?. The molecule has 0 fully saturated rings. The number of anilines is 2. The summed E-state index contributed by atoms with van der Waals surface area (Å²) in [5.41, 5.74) is 7.09. The van der Waals surface area contributed by atoms with Crippen molar-refractivity contribution in [3.05, 3.63) is 58.5 Å². The fourth-order valence-electron chi connectivity index (χ4n) is 2.12. The van der Waals surface area contributed by atoms with Crippen LogP contribution in [-0.4, -0.2) is 33.7 Å². The van der Waals surface area contributed by atoms with Gasteiger partial charge in [0.1, 0.15) is 5.02 Å². The highest BCUT2D eigenvalue weighted by atomic mass is 35.5. The third kappa shape index (κ3) is 6.24. The fraction of sp³-hybridized carbons (Fsp3) is 0.176. The summed E-state index contributed by atoms with van der Waals surface area (Å²) < 4.78 is 0. The zero-order chi connectivity index (χ0) is 19.6. The third-order valence-electron chi connectivity index (χ3n) is 3.42. The van der Waals surface area contributed by atoms with Crippen LogP contribution < -0.4 is 21.7 Å². The molecule has 0 bridgehead atoms. The quantitative estimate of drug-likeness (QED) is 0.334. The average molecular weight is 390 g/mol. The summed E-state index contributed by atoms with van der Waals surface area (Å²) >= 11 is 6.14. The number of carbonyl (C=O) groups is 1. The number of aromatic nitrogens is 2. The molecule has 9 nitrogen and oxygen atoms in total. The maximum Gasteiger partial charge on any atom is 0.236 e. The van der Waals surface area contributed by atoms with Gasteiger partial charge in [-0.2, -0.15) is 4.98 Å². The van der Waals surface area contributed by atoms with Gasteiger partial charge in [-0.3, -0.25) is 4.79 Å². The number of halogens is 1. The van der Waals surface area contributed by atoms with Crippen molar-refractivity contribution in [3.63, 3.8) is 0 Å². The SMILES string of the molecule is N=C/C(=C\NCC(N)=O)Nc1ncc(Cl)c(NCc2ccccc2CO)n1. The third-order valence-corrected chi connectivity index (χ3v) is 3.70. The van der Waals surface area contributed by atoms with Crippen LogP contribution in [0.5, 0.6) is 0 Å². The van der Waals surface area contributed by atoms with E-state index in [1.54, 1.807) is 0 Å². The van der Waals surface area contributed by atoms with Crippen molar-refractivity contribution in [2.45, 2.75) is 13.2 Å². The van der Waals surface area contributed by atoms with Gasteiger partial charge in [0.25, 0.3) is 0 Å². The lowest BCUT2D eigenvalue weighted by Gasteiger charge is -2.12. The molecule has 0 aliphatic carbocycles. The van der Waals surface area contributed by atoms with Crippen LogP contribution in [-0.2, 0) is 17.9 Å². The Morgan fingerprint density at radius 2 is 2.07 bits per heavy atom. The number of nitrogens with one attached hydrogen (secondary N) is 4. The summed E-state index contributed by atoms with van der Waals surface area (Å²) in [4.78, 5) is 19.1. The highest BCUT2D eigenvalue weighted by molar-refractivity contribution is 6.32. The van der Waals surface area contributed by atoms with Crippen molar-refractivity contribution in [2.75, 3.05) is 17.2 Å². The molecule has 7 N–H and O–H groups in total. The van der Waals surface area contributed by atoms with Crippen molar-refractivity contribution in [1.82, 2.24) is 15.3 Å². The van der Waals surface area contributed by atoms with Crippen molar-refractivity contribution in [2.24, 2.45) is 5.73 Å². The summed E-state index contributed by atoms with van der Waals surface area (Å²) in [5.74, 6) is 0.0947. The molecule has 10 heteroatoms. The van der Waals surface area contributed by atoms with Crippen LogP contribution in [0.1, 0.15) is 11.1 Å². The molecule has 27 heavy (non-hydrogen) atoms. The molecule has 0 saturated carbocycles. The van der Waals surface area contributed by atoms with Gasteiger partial charge in [0.2, 0.25) is 11.9 Å². The Bertz CT molecular complexity index is 842. The number of rotatable bonds is 10. The molecular weight excluding hydrogens is 370 g/mol. The fourth-order valence-corrected chi connectivity index (χ4v) is 2.28. The Kier molecular flexibility index (Phi) is 7.53. The van der Waals surface area contributed by atoms with Crippen LogP contribution >= 0.6 is 11.6 Å². The van der Waals surface area contributed by atoms with E-state index in [1.165, 1.54) is 12.4 Å². The minimum absolute atomic E-state index is 0.0580. The van der Waals surface area contributed by atoms with Crippen molar-refractivity contribution in [3.8, 4) is 0 Å². The Hall–Kier alpha value is -3.17. The lowest BCUT2D eigenvalue weighted by Crippen LogP contribution is -2.25. The molecule has 0 aliphatic rings. The first-order valence-electron chi connectivity index (χ1n) is 7.97. The molecule has 0 spiro atoms. The van der Waals surface area contributed by atoms with E-state index in [0.29, 0.717) is 23.1 Å². The van der Waals surface area contributed by atoms with E-state index in [-0.39, 0.29) is 19.1 Å². The second kappa shape index (κ2) is 10.1. The smallest absolute Gasteiger partial charge is 0.236 e. The number of carbonyl (C=O) groups excluding carboxylic acids is 1. The zero-order valence-electron chi connectivity index (χ0n) is 14.4. The molecule has 1 aromatic heterocycles. The van der Waals surface area contributed by atoms with Gasteiger partial charge in [0.15, 0.2) is 5.82 Å². The van der Waals surface area contributed by atoms with E-state index in [9.17, 15) is 9.90 Å². The zero-order valence-corrected chi connectivity index (χ0v) is 15.1. The normalized spacial score (nSPS) is 11.0. The number of hydrogen-bond acceptors (Lipinski definition) is 8. The average Bonchev–Trinajstić information content (AvgIpc) is 2.67. The van der Waals surface area contributed by atoms with Gasteiger partial charge in [-0.1, -0.05) is 35.9 Å². The monoisotopic (exact) mass is 389 g/mol. The number of primary amides is 1. The molecular formula is C17H20ClN7O2. The predicted octanol–water partition coefficient (Wildman–Crippen LogP) is 1.21. The Balaban J connectivity index is 2.08. The number of nitrogens with zero attached hydrogens (tertiary/aromatic N) is 2. The van der Waals surface area contributed by atoms with Gasteiger partial charge in [-0.25, -0.2) is 4.98 Å². The second-order valence-electron chi connectivity index (χ2n) is 5.39. The van der Waals surface area contributed by atoms with Gasteiger partial charge in [0.05, 0.1) is 25.0 Å². The summed E-state index contributed by atoms with van der Waals surface area (Å²) in [6, 6.07) is 7.47. The first kappa shape index (κ1) is 20.1. The molecule has 0 unspecified atom stereocenters. The topological polar surface area (TPSA) is 149 Å². The van der Waals surface area contributed by atoms with Crippen molar-refractivity contribution >= 4 is 35.5 Å². The number of benzene rings is 1. The van der Waals surface area contributed by atoms with E-state index in [1.807, 2.05) is 24.3 Å². The predicted molar refractivity (Wildman–Crippen MR) is 104 cm³/mol. The Morgan fingerprint density at radius 3 is 2.74 bits per heavy atom. The van der Waals surface area contributed by atoms with E-state index in [0.717, 1.165) is 17.3 Å². The number of nitrogens with two attached hydrogens (primary N) is 1. The first-order chi connectivity index (χ1) is 13.0. The molecule has 142 valence electrons. The molecule has 0 aliphatic heterocycles. The lowest BCUT2D eigenvalue weighted by atomic mass is 10.1. The molecule has 1 aromatic carbocycles. The molecule has 0 atom stereocenters. The highest BCUT2D eigenvalue weighted by Crippen LogP contribution is 2.21. The van der Waals surface area contributed by atoms with E-state index in [2.05, 4.69) is 25.9 Å². The maximum atomic E-state index is 10.7. The van der Waals surface area contributed by atoms with E-state index < -0.39 is 5.91 Å². The molecule has 1 heterocycles. The Morgan fingerprint density at radius 1 is 1.33 bits per heavy atom. The minimum atomic E-state index is -0.520. The summed E-state index contributed by atoms with van der Waals surface area (Å²) in [6.07, 6.45) is 3.88. The molecule has 0 radical (unpaired) electrons. The molecule has 2 aromatic rings. The van der Waals surface area contributed by atoms with Gasteiger partial charge in [0, 0.05) is 19.0 Å². The first-order valence-corrected chi connectivity index (χ1v) is 8.34. The molecule has 0 saturated heterocycles. The van der Waals surface area contributed by atoms with Crippen LogP contribution in [0.15, 0.2) is 42.4 Å². The van der Waals surface area contributed by atoms with Crippen LogP contribution in [0.25, 0.3) is 0 Å². The van der Waals surface area contributed by atoms with Crippen LogP contribution in [0, 0.1) is 5.41 Å².